The van der Waals surface area contributed by atoms with Gasteiger partial charge < -0.3 is 5.32 Å². The number of rotatable bonds is 9. The summed E-state index contributed by atoms with van der Waals surface area (Å²) in [4.78, 5) is 12.6. The minimum Gasteiger partial charge on any atom is -0.353 e. The van der Waals surface area contributed by atoms with Gasteiger partial charge in [0.2, 0.25) is 11.1 Å². The summed E-state index contributed by atoms with van der Waals surface area (Å²) in [5, 5.41) is 15.4. The molecule has 0 unspecified atom stereocenters. The summed E-state index contributed by atoms with van der Waals surface area (Å²) >= 11 is 1.36. The normalized spacial score (nSPS) is 13.2. The predicted octanol–water partition coefficient (Wildman–Crippen LogP) is 4.40. The molecule has 1 amide bonds. The van der Waals surface area contributed by atoms with E-state index in [4.69, 9.17) is 0 Å². The van der Waals surface area contributed by atoms with Crippen molar-refractivity contribution in [2.45, 2.75) is 62.9 Å². The Morgan fingerprint density at radius 3 is 2.40 bits per heavy atom. The number of tetrazole rings is 1. The van der Waals surface area contributed by atoms with Gasteiger partial charge in [-0.1, -0.05) is 68.1 Å². The number of aryl methyl sites for hydroxylation is 1. The average molecular weight is 424 g/mol. The summed E-state index contributed by atoms with van der Waals surface area (Å²) in [6.45, 7) is 8.24. The van der Waals surface area contributed by atoms with Gasteiger partial charge in [-0.15, -0.1) is 5.10 Å². The standard InChI is InChI=1S/C23H29N5OS/c1-16(2)20-12-14-21(15-13-20)28-23(25-26-27-28)30-18(4)22(29)24-17(3)10-11-19-8-6-5-7-9-19/h5-9,12-18H,10-11H2,1-4H3,(H,24,29)/t17-,18+/m0/s1. The number of benzene rings is 2. The SMILES string of the molecule is CC(C)c1ccc(-n2nnnc2S[C@H](C)C(=O)N[C@@H](C)CCc2ccccc2)cc1. The number of hydrogen-bond acceptors (Lipinski definition) is 5. The minimum absolute atomic E-state index is 0.00901. The molecule has 0 saturated heterocycles. The first-order valence-corrected chi connectivity index (χ1v) is 11.2. The van der Waals surface area contributed by atoms with Crippen molar-refractivity contribution in [3.8, 4) is 5.69 Å². The van der Waals surface area contributed by atoms with E-state index in [9.17, 15) is 4.79 Å². The van der Waals surface area contributed by atoms with E-state index in [-0.39, 0.29) is 17.2 Å². The number of carbonyl (C=O) groups is 1. The molecular formula is C23H29N5OS. The Morgan fingerprint density at radius 1 is 1.03 bits per heavy atom. The van der Waals surface area contributed by atoms with Crippen LogP contribution in [0.2, 0.25) is 0 Å². The zero-order valence-electron chi connectivity index (χ0n) is 17.9. The number of aromatic nitrogens is 4. The lowest BCUT2D eigenvalue weighted by Gasteiger charge is -2.17. The number of carbonyl (C=O) groups excluding carboxylic acids is 1. The van der Waals surface area contributed by atoms with Gasteiger partial charge in [-0.05, 0) is 66.3 Å². The lowest BCUT2D eigenvalue weighted by Crippen LogP contribution is -2.38. The van der Waals surface area contributed by atoms with Gasteiger partial charge in [-0.2, -0.15) is 4.68 Å². The first-order chi connectivity index (χ1) is 14.4. The number of amides is 1. The van der Waals surface area contributed by atoms with Gasteiger partial charge in [-0.25, -0.2) is 0 Å². The van der Waals surface area contributed by atoms with Crippen LogP contribution in [0.5, 0.6) is 0 Å². The van der Waals surface area contributed by atoms with E-state index in [0.717, 1.165) is 18.5 Å². The van der Waals surface area contributed by atoms with Crippen molar-refractivity contribution in [2.75, 3.05) is 0 Å². The predicted molar refractivity (Wildman–Crippen MR) is 121 cm³/mol. The van der Waals surface area contributed by atoms with E-state index >= 15 is 0 Å². The van der Waals surface area contributed by atoms with E-state index in [1.54, 1.807) is 4.68 Å². The highest BCUT2D eigenvalue weighted by Crippen LogP contribution is 2.24. The van der Waals surface area contributed by atoms with Crippen LogP contribution in [0.1, 0.15) is 51.2 Å². The molecule has 7 heteroatoms. The third kappa shape index (κ3) is 5.92. The largest absolute Gasteiger partial charge is 0.353 e. The van der Waals surface area contributed by atoms with Crippen molar-refractivity contribution >= 4 is 17.7 Å². The summed E-state index contributed by atoms with van der Waals surface area (Å²) < 4.78 is 1.68. The third-order valence-corrected chi connectivity index (χ3v) is 6.03. The van der Waals surface area contributed by atoms with Crippen LogP contribution in [0.3, 0.4) is 0 Å². The molecule has 0 aliphatic rings. The first-order valence-electron chi connectivity index (χ1n) is 10.3. The quantitative estimate of drug-likeness (QED) is 0.516. The number of nitrogens with zero attached hydrogens (tertiary/aromatic N) is 4. The van der Waals surface area contributed by atoms with Crippen molar-refractivity contribution < 1.29 is 4.79 Å². The maximum Gasteiger partial charge on any atom is 0.233 e. The Labute approximate surface area is 182 Å². The summed E-state index contributed by atoms with van der Waals surface area (Å²) in [5.74, 6) is 0.458. The molecule has 2 atom stereocenters. The number of hydrogen-bond donors (Lipinski definition) is 1. The van der Waals surface area contributed by atoms with Crippen LogP contribution in [0.4, 0.5) is 0 Å². The lowest BCUT2D eigenvalue weighted by molar-refractivity contribution is -0.120. The zero-order valence-corrected chi connectivity index (χ0v) is 18.8. The van der Waals surface area contributed by atoms with Crippen LogP contribution in [0, 0.1) is 0 Å². The second kappa shape index (κ2) is 10.4. The fraction of sp³-hybridized carbons (Fsp3) is 0.391. The molecule has 1 aromatic heterocycles. The average Bonchev–Trinajstić information content (AvgIpc) is 3.21. The fourth-order valence-corrected chi connectivity index (χ4v) is 3.90. The molecule has 0 spiro atoms. The highest BCUT2D eigenvalue weighted by atomic mass is 32.2. The Kier molecular flexibility index (Phi) is 7.63. The number of nitrogens with one attached hydrogen (secondary N) is 1. The summed E-state index contributed by atoms with van der Waals surface area (Å²) in [6.07, 6.45) is 1.83. The topological polar surface area (TPSA) is 72.7 Å². The molecule has 0 radical (unpaired) electrons. The second-order valence-corrected chi connectivity index (χ2v) is 9.12. The van der Waals surface area contributed by atoms with E-state index < -0.39 is 0 Å². The van der Waals surface area contributed by atoms with Crippen LogP contribution in [-0.4, -0.2) is 37.4 Å². The molecule has 30 heavy (non-hydrogen) atoms. The van der Waals surface area contributed by atoms with Crippen molar-refractivity contribution in [2.24, 2.45) is 0 Å². The van der Waals surface area contributed by atoms with E-state index in [2.05, 4.69) is 59.0 Å². The van der Waals surface area contributed by atoms with E-state index in [1.165, 1.54) is 22.9 Å². The molecule has 2 aromatic carbocycles. The molecule has 3 aromatic rings. The zero-order chi connectivity index (χ0) is 21.5. The summed E-state index contributed by atoms with van der Waals surface area (Å²) in [5.41, 5.74) is 3.43. The molecule has 0 aliphatic carbocycles. The molecule has 6 nitrogen and oxygen atoms in total. The Balaban J connectivity index is 1.56. The molecule has 158 valence electrons. The molecule has 0 saturated carbocycles. The van der Waals surface area contributed by atoms with Crippen LogP contribution in [0.15, 0.2) is 59.8 Å². The van der Waals surface area contributed by atoms with Crippen LogP contribution < -0.4 is 5.32 Å². The monoisotopic (exact) mass is 423 g/mol. The molecule has 0 aliphatic heterocycles. The summed E-state index contributed by atoms with van der Waals surface area (Å²) in [7, 11) is 0. The van der Waals surface area contributed by atoms with Crippen LogP contribution >= 0.6 is 11.8 Å². The molecule has 0 fully saturated rings. The maximum absolute atomic E-state index is 12.6. The smallest absolute Gasteiger partial charge is 0.233 e. The van der Waals surface area contributed by atoms with Crippen LogP contribution in [0.25, 0.3) is 5.69 Å². The summed E-state index contributed by atoms with van der Waals surface area (Å²) in [6, 6.07) is 18.6. The highest BCUT2D eigenvalue weighted by Gasteiger charge is 2.20. The highest BCUT2D eigenvalue weighted by molar-refractivity contribution is 8.00. The number of thioether (sulfide) groups is 1. The Morgan fingerprint density at radius 2 is 1.73 bits per heavy atom. The van der Waals surface area contributed by atoms with E-state index in [1.807, 2.05) is 44.2 Å². The molecule has 0 bridgehead atoms. The van der Waals surface area contributed by atoms with Gasteiger partial charge in [0, 0.05) is 6.04 Å². The van der Waals surface area contributed by atoms with Gasteiger partial charge in [0.1, 0.15) is 0 Å². The second-order valence-electron chi connectivity index (χ2n) is 7.81. The lowest BCUT2D eigenvalue weighted by atomic mass is 10.0. The van der Waals surface area contributed by atoms with Gasteiger partial charge >= 0.3 is 0 Å². The van der Waals surface area contributed by atoms with Crippen molar-refractivity contribution in [1.82, 2.24) is 25.5 Å². The van der Waals surface area contributed by atoms with Gasteiger partial charge in [0.25, 0.3) is 0 Å². The maximum atomic E-state index is 12.6. The molecule has 1 N–H and O–H groups in total. The van der Waals surface area contributed by atoms with Gasteiger partial charge in [0.15, 0.2) is 0 Å². The van der Waals surface area contributed by atoms with Gasteiger partial charge in [-0.3, -0.25) is 4.79 Å². The van der Waals surface area contributed by atoms with Crippen molar-refractivity contribution in [1.29, 1.82) is 0 Å². The molecular weight excluding hydrogens is 394 g/mol. The van der Waals surface area contributed by atoms with Gasteiger partial charge in [0.05, 0.1) is 10.9 Å². The fourth-order valence-electron chi connectivity index (χ4n) is 3.09. The minimum atomic E-state index is -0.302. The molecule has 1 heterocycles. The third-order valence-electron chi connectivity index (χ3n) is 4.99. The Hall–Kier alpha value is -2.67. The van der Waals surface area contributed by atoms with Crippen LogP contribution in [-0.2, 0) is 11.2 Å². The first kappa shape index (κ1) is 22.0. The van der Waals surface area contributed by atoms with Crippen molar-refractivity contribution in [3.63, 3.8) is 0 Å². The molecule has 3 rings (SSSR count). The van der Waals surface area contributed by atoms with Crippen molar-refractivity contribution in [3.05, 3.63) is 65.7 Å². The van der Waals surface area contributed by atoms with E-state index in [0.29, 0.717) is 11.1 Å². The Bertz CT molecular complexity index is 940.